The number of hydrogen-bond acceptors (Lipinski definition) is 1. The van der Waals surface area contributed by atoms with Crippen molar-refractivity contribution in [2.75, 3.05) is 0 Å². The van der Waals surface area contributed by atoms with Crippen molar-refractivity contribution in [3.8, 4) is 33.4 Å². The first-order valence-electron chi connectivity index (χ1n) is 10.9. The molecule has 0 atom stereocenters. The van der Waals surface area contributed by atoms with Crippen LogP contribution in [0, 0.1) is 6.92 Å². The van der Waals surface area contributed by atoms with E-state index in [1.165, 1.54) is 59.1 Å². The van der Waals surface area contributed by atoms with E-state index in [-0.39, 0.29) is 0 Å². The predicted molar refractivity (Wildman–Crippen MR) is 140 cm³/mol. The maximum atomic E-state index is 2.26. The Morgan fingerprint density at radius 2 is 0.875 bits per heavy atom. The summed E-state index contributed by atoms with van der Waals surface area (Å²) in [6.45, 7) is 2.14. The molecular formula is C31H22S. The SMILES string of the molecule is Cc1ccc(-c2cccc3c2sc2c(-c4ccc(-c5ccccc5)cc4)cccc23)cc1. The van der Waals surface area contributed by atoms with E-state index in [1.807, 2.05) is 11.3 Å². The van der Waals surface area contributed by atoms with Crippen molar-refractivity contribution in [3.63, 3.8) is 0 Å². The minimum atomic E-state index is 1.25. The van der Waals surface area contributed by atoms with Gasteiger partial charge in [-0.25, -0.2) is 0 Å². The molecule has 0 radical (unpaired) electrons. The molecule has 1 heteroatoms. The van der Waals surface area contributed by atoms with Crippen LogP contribution in [-0.4, -0.2) is 0 Å². The molecule has 6 rings (SSSR count). The molecule has 0 bridgehead atoms. The van der Waals surface area contributed by atoms with Crippen LogP contribution in [-0.2, 0) is 0 Å². The second-order valence-electron chi connectivity index (χ2n) is 8.28. The van der Waals surface area contributed by atoms with Gasteiger partial charge in [0, 0.05) is 20.2 Å². The largest absolute Gasteiger partial charge is 0.134 e. The van der Waals surface area contributed by atoms with Crippen molar-refractivity contribution in [2.45, 2.75) is 6.92 Å². The number of hydrogen-bond donors (Lipinski definition) is 0. The zero-order chi connectivity index (χ0) is 21.5. The Morgan fingerprint density at radius 1 is 0.406 bits per heavy atom. The molecule has 152 valence electrons. The summed E-state index contributed by atoms with van der Waals surface area (Å²) >= 11 is 1.91. The van der Waals surface area contributed by atoms with Crippen molar-refractivity contribution in [3.05, 3.63) is 121 Å². The number of aryl methyl sites for hydroxylation is 1. The summed E-state index contributed by atoms with van der Waals surface area (Å²) < 4.78 is 2.72. The van der Waals surface area contributed by atoms with Crippen LogP contribution in [0.5, 0.6) is 0 Å². The molecule has 0 fully saturated rings. The zero-order valence-electron chi connectivity index (χ0n) is 17.9. The van der Waals surface area contributed by atoms with Gasteiger partial charge in [-0.3, -0.25) is 0 Å². The quantitative estimate of drug-likeness (QED) is 0.264. The van der Waals surface area contributed by atoms with Crippen LogP contribution < -0.4 is 0 Å². The monoisotopic (exact) mass is 426 g/mol. The Morgan fingerprint density at radius 3 is 1.44 bits per heavy atom. The van der Waals surface area contributed by atoms with E-state index >= 15 is 0 Å². The van der Waals surface area contributed by atoms with Gasteiger partial charge in [-0.2, -0.15) is 0 Å². The third-order valence-electron chi connectivity index (χ3n) is 6.19. The predicted octanol–water partition coefficient (Wildman–Crippen LogP) is 9.36. The van der Waals surface area contributed by atoms with Crippen LogP contribution in [0.2, 0.25) is 0 Å². The fraction of sp³-hybridized carbons (Fsp3) is 0.0323. The first kappa shape index (κ1) is 19.0. The molecular weight excluding hydrogens is 404 g/mol. The summed E-state index contributed by atoms with van der Waals surface area (Å²) in [6, 6.07) is 41.8. The molecule has 32 heavy (non-hydrogen) atoms. The van der Waals surface area contributed by atoms with Gasteiger partial charge < -0.3 is 0 Å². The number of thiophene rings is 1. The lowest BCUT2D eigenvalue weighted by Gasteiger charge is -2.06. The van der Waals surface area contributed by atoms with Gasteiger partial charge in [0.15, 0.2) is 0 Å². The van der Waals surface area contributed by atoms with Crippen LogP contribution in [0.15, 0.2) is 115 Å². The Labute approximate surface area is 192 Å². The van der Waals surface area contributed by atoms with Gasteiger partial charge in [-0.15, -0.1) is 11.3 Å². The lowest BCUT2D eigenvalue weighted by atomic mass is 9.98. The summed E-state index contributed by atoms with van der Waals surface area (Å²) in [5.74, 6) is 0. The van der Waals surface area contributed by atoms with Gasteiger partial charge in [0.1, 0.15) is 0 Å². The van der Waals surface area contributed by atoms with E-state index in [9.17, 15) is 0 Å². The average molecular weight is 427 g/mol. The van der Waals surface area contributed by atoms with E-state index < -0.39 is 0 Å². The molecule has 0 saturated carbocycles. The second-order valence-corrected chi connectivity index (χ2v) is 9.30. The zero-order valence-corrected chi connectivity index (χ0v) is 18.7. The van der Waals surface area contributed by atoms with Crippen molar-refractivity contribution in [2.24, 2.45) is 0 Å². The standard InChI is InChI=1S/C31H22S/c1-21-13-15-24(16-14-21)26-9-5-11-28-29-12-6-10-27(31(29)32-30(26)28)25-19-17-23(18-20-25)22-7-3-2-4-8-22/h2-20H,1H3. The highest BCUT2D eigenvalue weighted by Crippen LogP contribution is 2.43. The first-order valence-corrected chi connectivity index (χ1v) is 11.8. The maximum absolute atomic E-state index is 2.26. The van der Waals surface area contributed by atoms with Gasteiger partial charge in [0.25, 0.3) is 0 Å². The van der Waals surface area contributed by atoms with Crippen LogP contribution >= 0.6 is 11.3 Å². The smallest absolute Gasteiger partial charge is 0.0434 e. The van der Waals surface area contributed by atoms with Gasteiger partial charge in [0.05, 0.1) is 0 Å². The molecule has 5 aromatic carbocycles. The third kappa shape index (κ3) is 3.23. The van der Waals surface area contributed by atoms with E-state index in [0.717, 1.165) is 0 Å². The molecule has 0 aliphatic carbocycles. The topological polar surface area (TPSA) is 0 Å². The maximum Gasteiger partial charge on any atom is 0.0434 e. The molecule has 0 aliphatic heterocycles. The molecule has 6 aromatic rings. The van der Waals surface area contributed by atoms with Crippen molar-refractivity contribution >= 4 is 31.5 Å². The van der Waals surface area contributed by atoms with E-state index in [2.05, 4.69) is 122 Å². The van der Waals surface area contributed by atoms with Crippen molar-refractivity contribution in [1.82, 2.24) is 0 Å². The molecule has 0 saturated heterocycles. The van der Waals surface area contributed by atoms with E-state index in [4.69, 9.17) is 0 Å². The van der Waals surface area contributed by atoms with Gasteiger partial charge in [-0.05, 0) is 40.3 Å². The Balaban J connectivity index is 1.51. The summed E-state index contributed by atoms with van der Waals surface area (Å²) in [7, 11) is 0. The molecule has 1 aromatic heterocycles. The number of fused-ring (bicyclic) bond motifs is 3. The van der Waals surface area contributed by atoms with Crippen LogP contribution in [0.4, 0.5) is 0 Å². The normalized spacial score (nSPS) is 11.3. The fourth-order valence-corrected chi connectivity index (χ4v) is 5.85. The first-order chi connectivity index (χ1) is 15.8. The Bertz CT molecular complexity index is 1540. The summed E-state index contributed by atoms with van der Waals surface area (Å²) in [5, 5.41) is 2.68. The van der Waals surface area contributed by atoms with Crippen LogP contribution in [0.3, 0.4) is 0 Å². The van der Waals surface area contributed by atoms with E-state index in [0.29, 0.717) is 0 Å². The second kappa shape index (κ2) is 7.78. The lowest BCUT2D eigenvalue weighted by molar-refractivity contribution is 1.47. The molecule has 0 unspecified atom stereocenters. The fourth-order valence-electron chi connectivity index (χ4n) is 4.48. The number of benzene rings is 5. The number of rotatable bonds is 3. The Kier molecular flexibility index (Phi) is 4.63. The summed E-state index contributed by atoms with van der Waals surface area (Å²) in [6.07, 6.45) is 0. The molecule has 0 N–H and O–H groups in total. The Hall–Kier alpha value is -3.68. The highest BCUT2D eigenvalue weighted by Gasteiger charge is 2.13. The minimum Gasteiger partial charge on any atom is -0.134 e. The lowest BCUT2D eigenvalue weighted by Crippen LogP contribution is -1.80. The minimum absolute atomic E-state index is 1.25. The third-order valence-corrected chi connectivity index (χ3v) is 7.48. The van der Waals surface area contributed by atoms with Crippen molar-refractivity contribution in [1.29, 1.82) is 0 Å². The van der Waals surface area contributed by atoms with Gasteiger partial charge >= 0.3 is 0 Å². The van der Waals surface area contributed by atoms with E-state index in [1.54, 1.807) is 0 Å². The highest BCUT2D eigenvalue weighted by molar-refractivity contribution is 7.26. The molecule has 0 aliphatic rings. The molecule has 0 nitrogen and oxygen atoms in total. The van der Waals surface area contributed by atoms with Crippen molar-refractivity contribution < 1.29 is 0 Å². The molecule has 0 spiro atoms. The average Bonchev–Trinajstić information content (AvgIpc) is 3.24. The summed E-state index contributed by atoms with van der Waals surface area (Å²) in [4.78, 5) is 0. The highest BCUT2D eigenvalue weighted by atomic mass is 32.1. The molecule has 0 amide bonds. The van der Waals surface area contributed by atoms with Gasteiger partial charge in [0.2, 0.25) is 0 Å². The summed E-state index contributed by atoms with van der Waals surface area (Å²) in [5.41, 5.74) is 8.95. The van der Waals surface area contributed by atoms with Crippen LogP contribution in [0.25, 0.3) is 53.6 Å². The molecule has 1 heterocycles. The van der Waals surface area contributed by atoms with Gasteiger partial charge in [-0.1, -0.05) is 121 Å². The van der Waals surface area contributed by atoms with Crippen LogP contribution in [0.1, 0.15) is 5.56 Å².